The van der Waals surface area contributed by atoms with Gasteiger partial charge in [0.05, 0.1) is 5.92 Å². The molecular weight excluding hydrogens is 289 g/mol. The molecule has 8 heteroatoms. The normalized spacial score (nSPS) is 18.4. The molecule has 2 amide bonds. The number of halogens is 3. The van der Waals surface area contributed by atoms with Crippen LogP contribution in [0.5, 0.6) is 0 Å². The van der Waals surface area contributed by atoms with E-state index in [1.165, 1.54) is 4.90 Å². The van der Waals surface area contributed by atoms with Gasteiger partial charge in [0, 0.05) is 25.2 Å². The van der Waals surface area contributed by atoms with Crippen molar-refractivity contribution in [2.75, 3.05) is 18.4 Å². The van der Waals surface area contributed by atoms with E-state index in [0.29, 0.717) is 31.5 Å². The summed E-state index contributed by atoms with van der Waals surface area (Å²) in [7, 11) is 0. The van der Waals surface area contributed by atoms with Gasteiger partial charge in [0.15, 0.2) is 11.6 Å². The van der Waals surface area contributed by atoms with Crippen LogP contribution < -0.4 is 5.32 Å². The Balaban J connectivity index is 2.10. The van der Waals surface area contributed by atoms with Gasteiger partial charge in [-0.25, -0.2) is 18.0 Å². The third-order valence-electron chi connectivity index (χ3n) is 3.30. The van der Waals surface area contributed by atoms with E-state index in [9.17, 15) is 22.8 Å². The quantitative estimate of drug-likeness (QED) is 0.881. The van der Waals surface area contributed by atoms with Gasteiger partial charge in [-0.05, 0) is 12.8 Å². The van der Waals surface area contributed by atoms with Gasteiger partial charge in [0.2, 0.25) is 0 Å². The first-order chi connectivity index (χ1) is 9.88. The molecule has 1 aromatic carbocycles. The van der Waals surface area contributed by atoms with Gasteiger partial charge in [0.1, 0.15) is 11.5 Å². The number of nitrogens with zero attached hydrogens (tertiary/aromatic N) is 1. The summed E-state index contributed by atoms with van der Waals surface area (Å²) < 4.78 is 39.6. The lowest BCUT2D eigenvalue weighted by Crippen LogP contribution is -2.44. The lowest BCUT2D eigenvalue weighted by molar-refractivity contribution is -0.143. The lowest BCUT2D eigenvalue weighted by Gasteiger charge is -2.30. The van der Waals surface area contributed by atoms with Crippen LogP contribution in [0.1, 0.15) is 12.8 Å². The number of carbonyl (C=O) groups excluding carboxylic acids is 1. The van der Waals surface area contributed by atoms with E-state index in [1.54, 1.807) is 0 Å². The maximum atomic E-state index is 13.4. The molecule has 2 rings (SSSR count). The summed E-state index contributed by atoms with van der Waals surface area (Å²) in [6, 6.07) is 0.0922. The molecule has 5 nitrogen and oxygen atoms in total. The van der Waals surface area contributed by atoms with Gasteiger partial charge >= 0.3 is 12.0 Å². The van der Waals surface area contributed by atoms with E-state index in [1.807, 2.05) is 5.32 Å². The van der Waals surface area contributed by atoms with Gasteiger partial charge in [-0.15, -0.1) is 0 Å². The van der Waals surface area contributed by atoms with Crippen LogP contribution >= 0.6 is 0 Å². The zero-order valence-electron chi connectivity index (χ0n) is 10.9. The smallest absolute Gasteiger partial charge is 0.322 e. The fraction of sp³-hybridized carbons (Fsp3) is 0.385. The molecule has 1 aromatic rings. The molecule has 0 spiro atoms. The van der Waals surface area contributed by atoms with Crippen LogP contribution in [0, 0.1) is 23.4 Å². The van der Waals surface area contributed by atoms with Gasteiger partial charge in [-0.3, -0.25) is 4.79 Å². The first-order valence-corrected chi connectivity index (χ1v) is 6.31. The van der Waals surface area contributed by atoms with Crippen molar-refractivity contribution in [3.05, 3.63) is 29.6 Å². The number of benzene rings is 1. The van der Waals surface area contributed by atoms with Crippen molar-refractivity contribution in [3.63, 3.8) is 0 Å². The minimum atomic E-state index is -1.23. The molecule has 114 valence electrons. The predicted molar refractivity (Wildman–Crippen MR) is 67.3 cm³/mol. The van der Waals surface area contributed by atoms with E-state index in [0.717, 1.165) is 0 Å². The Morgan fingerprint density at radius 2 is 1.86 bits per heavy atom. The maximum Gasteiger partial charge on any atom is 0.322 e. The number of urea groups is 1. The highest BCUT2D eigenvalue weighted by molar-refractivity contribution is 5.90. The van der Waals surface area contributed by atoms with Crippen LogP contribution in [-0.2, 0) is 4.79 Å². The number of hydrogen-bond donors (Lipinski definition) is 2. The van der Waals surface area contributed by atoms with Crippen LogP contribution in [0.2, 0.25) is 0 Å². The third kappa shape index (κ3) is 3.45. The monoisotopic (exact) mass is 302 g/mol. The van der Waals surface area contributed by atoms with Gasteiger partial charge in [-0.1, -0.05) is 0 Å². The second-order valence-corrected chi connectivity index (χ2v) is 4.80. The average molecular weight is 302 g/mol. The number of aliphatic carboxylic acids is 1. The van der Waals surface area contributed by atoms with E-state index in [2.05, 4.69) is 0 Å². The highest BCUT2D eigenvalue weighted by atomic mass is 19.1. The van der Waals surface area contributed by atoms with E-state index < -0.39 is 41.1 Å². The van der Waals surface area contributed by atoms with Crippen molar-refractivity contribution >= 4 is 17.7 Å². The number of likely N-dealkylation sites (tertiary alicyclic amines) is 1. The van der Waals surface area contributed by atoms with Crippen molar-refractivity contribution in [1.82, 2.24) is 4.90 Å². The number of piperidine rings is 1. The predicted octanol–water partition coefficient (Wildman–Crippen LogP) is 2.43. The molecule has 1 saturated heterocycles. The summed E-state index contributed by atoms with van der Waals surface area (Å²) in [4.78, 5) is 24.0. The molecule has 1 atom stereocenters. The molecule has 0 unspecified atom stereocenters. The Hall–Kier alpha value is -2.25. The molecule has 0 radical (unpaired) electrons. The summed E-state index contributed by atoms with van der Waals surface area (Å²) >= 11 is 0. The minimum absolute atomic E-state index is 0.0361. The summed E-state index contributed by atoms with van der Waals surface area (Å²) in [5.41, 5.74) is -0.751. The van der Waals surface area contributed by atoms with Crippen LogP contribution in [0.4, 0.5) is 23.7 Å². The van der Waals surface area contributed by atoms with Crippen LogP contribution in [-0.4, -0.2) is 35.1 Å². The fourth-order valence-electron chi connectivity index (χ4n) is 2.21. The second kappa shape index (κ2) is 6.02. The molecule has 0 bridgehead atoms. The van der Waals surface area contributed by atoms with E-state index in [-0.39, 0.29) is 6.54 Å². The van der Waals surface area contributed by atoms with Crippen LogP contribution in [0.25, 0.3) is 0 Å². The molecule has 1 heterocycles. The number of carboxylic acid groups (broad SMARTS) is 1. The molecule has 21 heavy (non-hydrogen) atoms. The summed E-state index contributed by atoms with van der Waals surface area (Å²) in [5, 5.41) is 10.9. The molecule has 2 N–H and O–H groups in total. The first kappa shape index (κ1) is 15.1. The number of carbonyl (C=O) groups is 2. The lowest BCUT2D eigenvalue weighted by atomic mass is 9.99. The van der Waals surface area contributed by atoms with Crippen molar-refractivity contribution in [3.8, 4) is 0 Å². The van der Waals surface area contributed by atoms with Gasteiger partial charge in [0.25, 0.3) is 0 Å². The molecule has 0 saturated carbocycles. The van der Waals surface area contributed by atoms with Crippen LogP contribution in [0.15, 0.2) is 12.1 Å². The number of nitrogens with one attached hydrogen (secondary N) is 1. The topological polar surface area (TPSA) is 69.6 Å². The number of hydrogen-bond acceptors (Lipinski definition) is 2. The minimum Gasteiger partial charge on any atom is -0.481 e. The largest absolute Gasteiger partial charge is 0.481 e. The number of amides is 2. The first-order valence-electron chi connectivity index (χ1n) is 6.31. The van der Waals surface area contributed by atoms with E-state index >= 15 is 0 Å². The van der Waals surface area contributed by atoms with E-state index in [4.69, 9.17) is 5.11 Å². The Bertz CT molecular complexity index is 557. The third-order valence-corrected chi connectivity index (χ3v) is 3.30. The van der Waals surface area contributed by atoms with Crippen molar-refractivity contribution in [2.45, 2.75) is 12.8 Å². The van der Waals surface area contributed by atoms with Gasteiger partial charge < -0.3 is 15.3 Å². The standard InChI is InChI=1S/C13H13F3N2O3/c14-8-4-9(15)11(10(16)5-8)17-13(21)18-3-1-2-7(6-18)12(19)20/h4-5,7H,1-3,6H2,(H,17,21)(H,19,20)/t7-/m1/s1. The fourth-order valence-corrected chi connectivity index (χ4v) is 2.21. The molecule has 1 aliphatic heterocycles. The van der Waals surface area contributed by atoms with Crippen molar-refractivity contribution in [2.24, 2.45) is 5.92 Å². The number of carboxylic acids is 1. The second-order valence-electron chi connectivity index (χ2n) is 4.80. The molecule has 0 aromatic heterocycles. The van der Waals surface area contributed by atoms with Crippen LogP contribution in [0.3, 0.4) is 0 Å². The Kier molecular flexibility index (Phi) is 4.35. The summed E-state index contributed by atoms with van der Waals surface area (Å²) in [6.45, 7) is 0.256. The number of rotatable bonds is 2. The Labute approximate surface area is 118 Å². The summed E-state index contributed by atoms with van der Waals surface area (Å²) in [6.07, 6.45) is 0.928. The SMILES string of the molecule is O=C(O)[C@@H]1CCCN(C(=O)Nc2c(F)cc(F)cc2F)C1. The van der Waals surface area contributed by atoms with Crippen molar-refractivity contribution < 1.29 is 27.9 Å². The maximum absolute atomic E-state index is 13.4. The van der Waals surface area contributed by atoms with Gasteiger partial charge in [-0.2, -0.15) is 0 Å². The average Bonchev–Trinajstić information content (AvgIpc) is 2.42. The zero-order chi connectivity index (χ0) is 15.6. The molecule has 1 aliphatic rings. The highest BCUT2D eigenvalue weighted by Crippen LogP contribution is 2.22. The number of anilines is 1. The molecule has 0 aliphatic carbocycles. The Morgan fingerprint density at radius 3 is 2.43 bits per heavy atom. The zero-order valence-corrected chi connectivity index (χ0v) is 10.9. The molecular formula is C13H13F3N2O3. The van der Waals surface area contributed by atoms with Crippen molar-refractivity contribution in [1.29, 1.82) is 0 Å². The summed E-state index contributed by atoms with van der Waals surface area (Å²) in [5.74, 6) is -5.27. The highest BCUT2D eigenvalue weighted by Gasteiger charge is 2.29. The molecule has 1 fully saturated rings. The Morgan fingerprint density at radius 1 is 1.24 bits per heavy atom.